The zero-order chi connectivity index (χ0) is 17.6. The molecule has 0 amide bonds. The van der Waals surface area contributed by atoms with Gasteiger partial charge >= 0.3 is 0 Å². The molecule has 0 fully saturated rings. The molecule has 4 rings (SSSR count). The van der Waals surface area contributed by atoms with Crippen molar-refractivity contribution in [2.75, 3.05) is 13.4 Å². The van der Waals surface area contributed by atoms with Gasteiger partial charge in [0.2, 0.25) is 6.79 Å². The number of hydrogen-bond donors (Lipinski definition) is 0. The molecule has 25 heavy (non-hydrogen) atoms. The lowest BCUT2D eigenvalue weighted by atomic mass is 10.2. The van der Waals surface area contributed by atoms with E-state index in [0.717, 1.165) is 34.0 Å². The molecule has 128 valence electrons. The van der Waals surface area contributed by atoms with E-state index in [9.17, 15) is 4.79 Å². The monoisotopic (exact) mass is 337 g/mol. The average molecular weight is 337 g/mol. The van der Waals surface area contributed by atoms with Gasteiger partial charge < -0.3 is 18.8 Å². The van der Waals surface area contributed by atoms with Crippen LogP contribution in [0.15, 0.2) is 41.2 Å². The van der Waals surface area contributed by atoms with Crippen LogP contribution in [0.4, 0.5) is 0 Å². The van der Waals surface area contributed by atoms with Crippen LogP contribution in [-0.2, 0) is 0 Å². The van der Waals surface area contributed by atoms with E-state index >= 15 is 0 Å². The highest BCUT2D eigenvalue weighted by Crippen LogP contribution is 2.37. The Kier molecular flexibility index (Phi) is 3.64. The normalized spacial score (nSPS) is 12.6. The maximum atomic E-state index is 12.6. The van der Waals surface area contributed by atoms with Gasteiger partial charge in [-0.05, 0) is 45.0 Å². The van der Waals surface area contributed by atoms with Crippen molar-refractivity contribution >= 4 is 10.8 Å². The Hall–Kier alpha value is -2.95. The van der Waals surface area contributed by atoms with E-state index in [4.69, 9.17) is 14.2 Å². The van der Waals surface area contributed by atoms with Gasteiger partial charge in [-0.25, -0.2) is 0 Å². The summed E-state index contributed by atoms with van der Waals surface area (Å²) in [6.45, 7) is 6.67. The van der Waals surface area contributed by atoms with Crippen LogP contribution in [0, 0.1) is 13.8 Å². The number of benzene rings is 1. The Balaban J connectivity index is 2.05. The Morgan fingerprint density at radius 1 is 1.04 bits per heavy atom. The minimum atomic E-state index is -0.0129. The van der Waals surface area contributed by atoms with Crippen molar-refractivity contribution in [2.24, 2.45) is 0 Å². The van der Waals surface area contributed by atoms with Gasteiger partial charge in [0.1, 0.15) is 5.75 Å². The molecule has 0 spiro atoms. The zero-order valence-electron chi connectivity index (χ0n) is 14.5. The summed E-state index contributed by atoms with van der Waals surface area (Å²) >= 11 is 0. The number of ether oxygens (including phenoxy) is 3. The molecular weight excluding hydrogens is 318 g/mol. The number of aromatic nitrogens is 1. The fourth-order valence-corrected chi connectivity index (χ4v) is 3.52. The number of hydrogen-bond acceptors (Lipinski definition) is 4. The van der Waals surface area contributed by atoms with E-state index in [2.05, 4.69) is 4.57 Å². The van der Waals surface area contributed by atoms with E-state index in [1.807, 2.05) is 45.0 Å². The molecule has 0 saturated carbocycles. The summed E-state index contributed by atoms with van der Waals surface area (Å²) in [4.78, 5) is 12.6. The first-order valence-electron chi connectivity index (χ1n) is 8.29. The maximum absolute atomic E-state index is 12.6. The topological polar surface area (TPSA) is 49.7 Å². The van der Waals surface area contributed by atoms with Crippen LogP contribution in [0.1, 0.15) is 18.3 Å². The molecule has 0 N–H and O–H groups in total. The van der Waals surface area contributed by atoms with Crippen LogP contribution < -0.4 is 19.6 Å². The van der Waals surface area contributed by atoms with E-state index in [1.165, 1.54) is 0 Å². The first-order valence-corrected chi connectivity index (χ1v) is 8.29. The molecule has 0 unspecified atom stereocenters. The van der Waals surface area contributed by atoms with Crippen molar-refractivity contribution in [2.45, 2.75) is 20.8 Å². The third-order valence-electron chi connectivity index (χ3n) is 4.55. The van der Waals surface area contributed by atoms with Crippen molar-refractivity contribution in [1.29, 1.82) is 0 Å². The second kappa shape index (κ2) is 5.84. The van der Waals surface area contributed by atoms with Crippen molar-refractivity contribution in [1.82, 2.24) is 4.57 Å². The van der Waals surface area contributed by atoms with Gasteiger partial charge in [-0.3, -0.25) is 4.79 Å². The molecule has 5 nitrogen and oxygen atoms in total. The first-order chi connectivity index (χ1) is 12.1. The summed E-state index contributed by atoms with van der Waals surface area (Å²) in [6, 6.07) is 11.0. The molecule has 1 aliphatic heterocycles. The smallest absolute Gasteiger partial charge is 0.231 e. The lowest BCUT2D eigenvalue weighted by molar-refractivity contribution is 0.174. The summed E-state index contributed by atoms with van der Waals surface area (Å²) < 4.78 is 18.7. The highest BCUT2D eigenvalue weighted by atomic mass is 16.7. The fourth-order valence-electron chi connectivity index (χ4n) is 3.52. The summed E-state index contributed by atoms with van der Waals surface area (Å²) in [7, 11) is 0. The highest BCUT2D eigenvalue weighted by Gasteiger charge is 2.20. The summed E-state index contributed by atoms with van der Waals surface area (Å²) in [5.41, 5.74) is 2.76. The van der Waals surface area contributed by atoms with E-state index in [0.29, 0.717) is 17.7 Å². The van der Waals surface area contributed by atoms with Gasteiger partial charge in [0, 0.05) is 28.5 Å². The molecule has 1 aromatic heterocycles. The maximum Gasteiger partial charge on any atom is 0.231 e. The second-order valence-corrected chi connectivity index (χ2v) is 5.98. The third kappa shape index (κ3) is 2.35. The quantitative estimate of drug-likeness (QED) is 0.731. The lowest BCUT2D eigenvalue weighted by Crippen LogP contribution is -2.01. The van der Waals surface area contributed by atoms with Gasteiger partial charge in [-0.1, -0.05) is 6.07 Å². The first kappa shape index (κ1) is 15.6. The van der Waals surface area contributed by atoms with Gasteiger partial charge in [0.25, 0.3) is 0 Å². The van der Waals surface area contributed by atoms with Crippen LogP contribution in [0.3, 0.4) is 0 Å². The van der Waals surface area contributed by atoms with Crippen molar-refractivity contribution < 1.29 is 14.2 Å². The fraction of sp³-hybridized carbons (Fsp3) is 0.250. The molecule has 2 heterocycles. The van der Waals surface area contributed by atoms with Crippen molar-refractivity contribution in [3.8, 4) is 22.9 Å². The summed E-state index contributed by atoms with van der Waals surface area (Å²) in [5, 5.41) is 1.54. The molecule has 3 aromatic rings. The van der Waals surface area contributed by atoms with Crippen LogP contribution in [0.5, 0.6) is 17.2 Å². The van der Waals surface area contributed by atoms with Crippen LogP contribution in [0.2, 0.25) is 0 Å². The molecule has 0 aliphatic carbocycles. The van der Waals surface area contributed by atoms with Crippen LogP contribution >= 0.6 is 0 Å². The molecule has 5 heteroatoms. The van der Waals surface area contributed by atoms with E-state index in [-0.39, 0.29) is 12.2 Å². The zero-order valence-corrected chi connectivity index (χ0v) is 14.5. The number of rotatable bonds is 3. The predicted molar refractivity (Wildman–Crippen MR) is 96.3 cm³/mol. The highest BCUT2D eigenvalue weighted by molar-refractivity contribution is 5.93. The average Bonchev–Trinajstić information content (AvgIpc) is 3.10. The standard InChI is InChI=1S/C20H19NO4/c1-4-23-17-7-5-6-15(22)19-12(2)21(13(3)20(17)19)14-8-9-16-18(10-14)25-11-24-16/h5-10H,4,11H2,1-3H3. The Morgan fingerprint density at radius 2 is 1.80 bits per heavy atom. The SMILES string of the molecule is CCOc1cccc(=O)c2c(C)n(-c3ccc4c(c3)OCO4)c(C)c12. The van der Waals surface area contributed by atoms with Crippen molar-refractivity contribution in [3.05, 3.63) is 58.0 Å². The Bertz CT molecular complexity index is 1040. The summed E-state index contributed by atoms with van der Waals surface area (Å²) in [6.07, 6.45) is 0. The molecule has 1 aliphatic rings. The van der Waals surface area contributed by atoms with Gasteiger partial charge in [0.05, 0.1) is 12.0 Å². The van der Waals surface area contributed by atoms with E-state index in [1.54, 1.807) is 12.1 Å². The minimum Gasteiger partial charge on any atom is -0.493 e. The molecule has 0 bridgehead atoms. The van der Waals surface area contributed by atoms with Crippen LogP contribution in [-0.4, -0.2) is 18.0 Å². The molecule has 0 radical (unpaired) electrons. The lowest BCUT2D eigenvalue weighted by Gasteiger charge is -2.10. The number of nitrogens with zero attached hydrogens (tertiary/aromatic N) is 1. The van der Waals surface area contributed by atoms with Crippen molar-refractivity contribution in [3.63, 3.8) is 0 Å². The Morgan fingerprint density at radius 3 is 2.60 bits per heavy atom. The van der Waals surface area contributed by atoms with Crippen LogP contribution in [0.25, 0.3) is 16.5 Å². The number of fused-ring (bicyclic) bond motifs is 2. The minimum absolute atomic E-state index is 0.0129. The molecule has 0 saturated heterocycles. The predicted octanol–water partition coefficient (Wildman–Crippen LogP) is 3.73. The van der Waals surface area contributed by atoms with Gasteiger partial charge in [0.15, 0.2) is 16.9 Å². The molecular formula is C20H19NO4. The largest absolute Gasteiger partial charge is 0.493 e. The van der Waals surface area contributed by atoms with Gasteiger partial charge in [-0.2, -0.15) is 0 Å². The third-order valence-corrected chi connectivity index (χ3v) is 4.55. The molecule has 0 atom stereocenters. The van der Waals surface area contributed by atoms with E-state index < -0.39 is 0 Å². The Labute approximate surface area is 145 Å². The summed E-state index contributed by atoms with van der Waals surface area (Å²) in [5.74, 6) is 2.17. The second-order valence-electron chi connectivity index (χ2n) is 5.98. The number of aryl methyl sites for hydroxylation is 2. The van der Waals surface area contributed by atoms with Gasteiger partial charge in [-0.15, -0.1) is 0 Å². The molecule has 2 aromatic carbocycles.